The Labute approximate surface area is 134 Å². The number of benzene rings is 2. The van der Waals surface area contributed by atoms with Crippen LogP contribution < -0.4 is 4.74 Å². The molecule has 0 saturated heterocycles. The average Bonchev–Trinajstić information content (AvgIpc) is 2.41. The van der Waals surface area contributed by atoms with Gasteiger partial charge in [0.15, 0.2) is 5.78 Å². The lowest BCUT2D eigenvalue weighted by atomic mass is 10.1. The van der Waals surface area contributed by atoms with E-state index in [0.717, 1.165) is 19.4 Å². The molecule has 0 saturated carbocycles. The third-order valence-corrected chi connectivity index (χ3v) is 5.30. The highest BCUT2D eigenvalue weighted by Crippen LogP contribution is 2.32. The molecule has 0 aromatic heterocycles. The maximum atomic E-state index is 11.4. The Morgan fingerprint density at radius 3 is 2.53 bits per heavy atom. The smallest absolute Gasteiger partial charge is 0.160 e. The second-order valence-electron chi connectivity index (χ2n) is 4.07. The third-order valence-electron chi connectivity index (χ3n) is 2.66. The molecule has 0 unspecified atom stereocenters. The molecule has 0 spiro atoms. The van der Waals surface area contributed by atoms with E-state index in [4.69, 9.17) is 4.74 Å². The molecule has 0 amide bonds. The van der Waals surface area contributed by atoms with Gasteiger partial charge in [0.25, 0.3) is 0 Å². The predicted molar refractivity (Wildman–Crippen MR) is 87.6 cm³/mol. The van der Waals surface area contributed by atoms with Crippen LogP contribution in [0.25, 0.3) is 0 Å². The highest BCUT2D eigenvalue weighted by atomic mass is 127. The summed E-state index contributed by atoms with van der Waals surface area (Å²) in [7, 11) is 0. The Morgan fingerprint density at radius 1 is 1.21 bits per heavy atom. The average molecular weight is 431 g/mol. The normalized spacial score (nSPS) is 10.3. The fraction of sp³-hybridized carbons (Fsp3) is 0.133. The number of ether oxygens (including phenoxy) is 1. The Bertz CT molecular complexity index is 597. The molecule has 2 nitrogen and oxygen atoms in total. The summed E-state index contributed by atoms with van der Waals surface area (Å²) in [6, 6.07) is 13.6. The number of ketones is 1. The summed E-state index contributed by atoms with van der Waals surface area (Å²) in [6.07, 6.45) is 0. The Balaban J connectivity index is 2.18. The molecule has 0 bridgehead atoms. The van der Waals surface area contributed by atoms with Crippen molar-refractivity contribution in [1.29, 1.82) is 0 Å². The summed E-state index contributed by atoms with van der Waals surface area (Å²) in [4.78, 5) is 11.4. The number of carbonyl (C=O) groups excluding carboxylic acids is 1. The Morgan fingerprint density at radius 2 is 1.89 bits per heavy atom. The topological polar surface area (TPSA) is 26.3 Å². The minimum atomic E-state index is 0.0411. The van der Waals surface area contributed by atoms with E-state index in [-0.39, 0.29) is 5.78 Å². The van der Waals surface area contributed by atoms with Gasteiger partial charge in [-0.3, -0.25) is 4.79 Å². The first-order chi connectivity index (χ1) is 9.09. The van der Waals surface area contributed by atoms with Gasteiger partial charge in [0.2, 0.25) is 0 Å². The zero-order valence-electron chi connectivity index (χ0n) is 10.3. The molecular weight excluding hydrogens is 419 g/mol. The van der Waals surface area contributed by atoms with E-state index in [9.17, 15) is 4.79 Å². The highest BCUT2D eigenvalue weighted by Gasteiger charge is 2.12. The third kappa shape index (κ3) is 3.57. The van der Waals surface area contributed by atoms with Crippen LogP contribution >= 0.6 is 38.5 Å². The van der Waals surface area contributed by atoms with Gasteiger partial charge >= 0.3 is 0 Å². The standard InChI is InChI=1S/C15H12BrIO2/c1-10(18)12-7-8-13(15(17)14(12)16)19-9-11-5-3-2-4-6-11/h2-8H,9H2,1H3. The van der Waals surface area contributed by atoms with Crippen LogP contribution in [0.15, 0.2) is 46.9 Å². The largest absolute Gasteiger partial charge is 0.488 e. The van der Waals surface area contributed by atoms with E-state index in [1.165, 1.54) is 0 Å². The van der Waals surface area contributed by atoms with Crippen LogP contribution in [-0.2, 0) is 6.61 Å². The van der Waals surface area contributed by atoms with Gasteiger partial charge in [-0.2, -0.15) is 0 Å². The van der Waals surface area contributed by atoms with Crippen LogP contribution in [0.5, 0.6) is 5.75 Å². The zero-order valence-corrected chi connectivity index (χ0v) is 14.1. The second kappa shape index (κ2) is 6.52. The molecule has 0 radical (unpaired) electrons. The molecule has 19 heavy (non-hydrogen) atoms. The van der Waals surface area contributed by atoms with Gasteiger partial charge in [0.05, 0.1) is 3.57 Å². The van der Waals surface area contributed by atoms with Crippen LogP contribution in [0.3, 0.4) is 0 Å². The molecular formula is C15H12BrIO2. The first-order valence-corrected chi connectivity index (χ1v) is 7.62. The van der Waals surface area contributed by atoms with Crippen molar-refractivity contribution in [2.24, 2.45) is 0 Å². The fourth-order valence-corrected chi connectivity index (χ4v) is 2.88. The Hall–Kier alpha value is -0.880. The van der Waals surface area contributed by atoms with E-state index in [2.05, 4.69) is 38.5 Å². The molecule has 0 atom stereocenters. The molecule has 2 aromatic rings. The fourth-order valence-electron chi connectivity index (χ4n) is 1.65. The van der Waals surface area contributed by atoms with Crippen molar-refractivity contribution in [2.45, 2.75) is 13.5 Å². The van der Waals surface area contributed by atoms with E-state index >= 15 is 0 Å². The lowest BCUT2D eigenvalue weighted by molar-refractivity contribution is 0.101. The number of hydrogen-bond acceptors (Lipinski definition) is 2. The molecule has 0 fully saturated rings. The quantitative estimate of drug-likeness (QED) is 0.512. The van der Waals surface area contributed by atoms with Crippen molar-refractivity contribution in [2.75, 3.05) is 0 Å². The molecule has 2 rings (SSSR count). The summed E-state index contributed by atoms with van der Waals surface area (Å²) in [5.74, 6) is 0.820. The van der Waals surface area contributed by atoms with Gasteiger partial charge in [-0.05, 0) is 63.1 Å². The predicted octanol–water partition coefficient (Wildman–Crippen LogP) is 4.84. The number of Topliss-reactive ketones (excluding diaryl/α,β-unsaturated/α-hetero) is 1. The van der Waals surface area contributed by atoms with Crippen molar-refractivity contribution in [3.8, 4) is 5.75 Å². The Kier molecular flexibility index (Phi) is 4.99. The molecule has 0 aliphatic carbocycles. The monoisotopic (exact) mass is 430 g/mol. The van der Waals surface area contributed by atoms with Gasteiger partial charge in [0, 0.05) is 10.0 Å². The van der Waals surface area contributed by atoms with Gasteiger partial charge < -0.3 is 4.74 Å². The minimum Gasteiger partial charge on any atom is -0.488 e. The van der Waals surface area contributed by atoms with Crippen LogP contribution in [0.4, 0.5) is 0 Å². The lowest BCUT2D eigenvalue weighted by Crippen LogP contribution is -2.00. The van der Waals surface area contributed by atoms with Gasteiger partial charge in [-0.15, -0.1) is 0 Å². The molecule has 0 aliphatic heterocycles. The SMILES string of the molecule is CC(=O)c1ccc(OCc2ccccc2)c(I)c1Br. The van der Waals surface area contributed by atoms with Gasteiger partial charge in [-0.25, -0.2) is 0 Å². The molecule has 0 aliphatic rings. The summed E-state index contributed by atoms with van der Waals surface area (Å²) < 4.78 is 7.50. The van der Waals surface area contributed by atoms with Crippen LogP contribution in [0.1, 0.15) is 22.8 Å². The van der Waals surface area contributed by atoms with Crippen LogP contribution in [-0.4, -0.2) is 5.78 Å². The van der Waals surface area contributed by atoms with Gasteiger partial charge in [-0.1, -0.05) is 30.3 Å². The van der Waals surface area contributed by atoms with E-state index < -0.39 is 0 Å². The van der Waals surface area contributed by atoms with E-state index in [0.29, 0.717) is 12.2 Å². The van der Waals surface area contributed by atoms with Crippen LogP contribution in [0.2, 0.25) is 0 Å². The number of carbonyl (C=O) groups is 1. The van der Waals surface area contributed by atoms with Crippen molar-refractivity contribution < 1.29 is 9.53 Å². The second-order valence-corrected chi connectivity index (χ2v) is 5.94. The number of hydrogen-bond donors (Lipinski definition) is 0. The number of rotatable bonds is 4. The molecule has 98 valence electrons. The van der Waals surface area contributed by atoms with Crippen molar-refractivity contribution in [3.05, 3.63) is 61.6 Å². The van der Waals surface area contributed by atoms with Crippen LogP contribution in [0, 0.1) is 3.57 Å². The van der Waals surface area contributed by atoms with Crippen molar-refractivity contribution in [3.63, 3.8) is 0 Å². The molecule has 2 aromatic carbocycles. The molecule has 0 N–H and O–H groups in total. The van der Waals surface area contributed by atoms with Gasteiger partial charge in [0.1, 0.15) is 12.4 Å². The zero-order chi connectivity index (χ0) is 13.8. The maximum Gasteiger partial charge on any atom is 0.160 e. The van der Waals surface area contributed by atoms with Crippen molar-refractivity contribution >= 4 is 44.3 Å². The van der Waals surface area contributed by atoms with Crippen molar-refractivity contribution in [1.82, 2.24) is 0 Å². The number of halogens is 2. The summed E-state index contributed by atoms with van der Waals surface area (Å²) >= 11 is 5.63. The molecule has 4 heteroatoms. The minimum absolute atomic E-state index is 0.0411. The van der Waals surface area contributed by atoms with E-state index in [1.807, 2.05) is 36.4 Å². The summed E-state index contributed by atoms with van der Waals surface area (Å²) in [5, 5.41) is 0. The highest BCUT2D eigenvalue weighted by molar-refractivity contribution is 14.1. The first-order valence-electron chi connectivity index (χ1n) is 5.75. The summed E-state index contributed by atoms with van der Waals surface area (Å²) in [5.41, 5.74) is 1.79. The lowest BCUT2D eigenvalue weighted by Gasteiger charge is -2.11. The van der Waals surface area contributed by atoms with E-state index in [1.54, 1.807) is 13.0 Å². The molecule has 0 heterocycles. The first kappa shape index (κ1) is 14.5. The maximum absolute atomic E-state index is 11.4. The summed E-state index contributed by atoms with van der Waals surface area (Å²) in [6.45, 7) is 2.07.